The molecule has 0 saturated carbocycles. The Bertz CT molecular complexity index is 548. The highest BCUT2D eigenvalue weighted by molar-refractivity contribution is 5.98. The van der Waals surface area contributed by atoms with E-state index in [1.807, 2.05) is 74.5 Å². The lowest BCUT2D eigenvalue weighted by molar-refractivity contribution is 0.628. The predicted molar refractivity (Wildman–Crippen MR) is 88.4 cm³/mol. The molecular weight excluding hydrogens is 260 g/mol. The number of nitrogens with one attached hydrogen (secondary N) is 2. The number of benzene rings is 2. The Morgan fingerprint density at radius 3 is 1.48 bits per heavy atom. The molecule has 0 aromatic heterocycles. The maximum Gasteiger partial charge on any atom is 0.117 e. The van der Waals surface area contributed by atoms with Gasteiger partial charge in [-0.05, 0) is 25.0 Å². The van der Waals surface area contributed by atoms with Crippen LogP contribution in [-0.2, 0) is 0 Å². The Balaban J connectivity index is 1.80. The summed E-state index contributed by atoms with van der Waals surface area (Å²) in [6.07, 6.45) is 0. The molecule has 2 aromatic rings. The topological polar surface area (TPSA) is 48.8 Å². The first-order valence-corrected chi connectivity index (χ1v) is 6.92. The largest absolute Gasteiger partial charge is 0.289 e. The zero-order chi connectivity index (χ0) is 14.9. The Hall–Kier alpha value is -2.62. The second-order valence-electron chi connectivity index (χ2n) is 4.62. The minimum atomic E-state index is 0.481. The average molecular weight is 280 g/mol. The quantitative estimate of drug-likeness (QED) is 0.370. The number of rotatable bonds is 6. The van der Waals surface area contributed by atoms with Gasteiger partial charge in [0, 0.05) is 0 Å². The third kappa shape index (κ3) is 4.76. The van der Waals surface area contributed by atoms with Crippen molar-refractivity contribution in [3.63, 3.8) is 0 Å². The highest BCUT2D eigenvalue weighted by atomic mass is 15.4. The first kappa shape index (κ1) is 14.8. The van der Waals surface area contributed by atoms with E-state index >= 15 is 0 Å². The summed E-state index contributed by atoms with van der Waals surface area (Å²) in [5, 5.41) is 8.60. The second-order valence-corrected chi connectivity index (χ2v) is 4.62. The summed E-state index contributed by atoms with van der Waals surface area (Å²) >= 11 is 0. The molecule has 2 aromatic carbocycles. The van der Waals surface area contributed by atoms with Crippen LogP contribution in [0.4, 0.5) is 0 Å². The van der Waals surface area contributed by atoms with Crippen LogP contribution < -0.4 is 10.9 Å². The maximum absolute atomic E-state index is 4.30. The predicted octanol–water partition coefficient (Wildman–Crippen LogP) is 2.97. The van der Waals surface area contributed by atoms with Crippen LogP contribution >= 0.6 is 0 Å². The van der Waals surface area contributed by atoms with E-state index < -0.39 is 0 Å². The van der Waals surface area contributed by atoms with Crippen molar-refractivity contribution >= 4 is 11.4 Å². The third-order valence-corrected chi connectivity index (χ3v) is 3.03. The fourth-order valence-corrected chi connectivity index (χ4v) is 1.84. The summed E-state index contributed by atoms with van der Waals surface area (Å²) in [7, 11) is 0. The van der Waals surface area contributed by atoms with Gasteiger partial charge >= 0.3 is 0 Å². The van der Waals surface area contributed by atoms with Gasteiger partial charge in [-0.25, -0.2) is 0 Å². The van der Waals surface area contributed by atoms with Crippen molar-refractivity contribution in [3.05, 3.63) is 71.8 Å². The Labute approximate surface area is 125 Å². The zero-order valence-corrected chi connectivity index (χ0v) is 12.4. The van der Waals surface area contributed by atoms with E-state index in [0.29, 0.717) is 6.67 Å². The van der Waals surface area contributed by atoms with Gasteiger partial charge in [0.25, 0.3) is 0 Å². The van der Waals surface area contributed by atoms with E-state index in [9.17, 15) is 0 Å². The van der Waals surface area contributed by atoms with Crippen LogP contribution in [0.3, 0.4) is 0 Å². The minimum Gasteiger partial charge on any atom is -0.289 e. The molecule has 0 heterocycles. The molecule has 108 valence electrons. The molecule has 0 aliphatic rings. The standard InChI is InChI=1S/C17H20N4/c1-14(16-9-5-3-6-10-16)20-18-13-19-21-15(2)17-11-7-4-8-12-17/h3-12,18-19H,13H2,1-2H3/b20-14+,21-15+. The van der Waals surface area contributed by atoms with Crippen molar-refractivity contribution in [3.8, 4) is 0 Å². The molecule has 2 rings (SSSR count). The summed E-state index contributed by atoms with van der Waals surface area (Å²) in [6.45, 7) is 4.43. The van der Waals surface area contributed by atoms with E-state index in [0.717, 1.165) is 22.6 Å². The molecule has 0 amide bonds. The maximum atomic E-state index is 4.30. The fraction of sp³-hybridized carbons (Fsp3) is 0.176. The first-order chi connectivity index (χ1) is 10.3. The molecule has 0 saturated heterocycles. The molecule has 0 spiro atoms. The highest BCUT2D eigenvalue weighted by Crippen LogP contribution is 2.00. The molecule has 4 heteroatoms. The number of nitrogens with zero attached hydrogens (tertiary/aromatic N) is 2. The van der Waals surface area contributed by atoms with Gasteiger partial charge in [0.05, 0.1) is 11.4 Å². The zero-order valence-electron chi connectivity index (χ0n) is 12.4. The van der Waals surface area contributed by atoms with Crippen molar-refractivity contribution in [1.29, 1.82) is 0 Å². The van der Waals surface area contributed by atoms with E-state index in [1.165, 1.54) is 0 Å². The lowest BCUT2D eigenvalue weighted by atomic mass is 10.1. The lowest BCUT2D eigenvalue weighted by Gasteiger charge is -2.05. The fourth-order valence-electron chi connectivity index (χ4n) is 1.84. The molecule has 0 fully saturated rings. The molecule has 0 atom stereocenters. The van der Waals surface area contributed by atoms with Crippen LogP contribution in [0.15, 0.2) is 70.9 Å². The molecular formula is C17H20N4. The lowest BCUT2D eigenvalue weighted by Crippen LogP contribution is -2.23. The van der Waals surface area contributed by atoms with Gasteiger partial charge in [-0.15, -0.1) is 0 Å². The molecule has 0 aliphatic carbocycles. The molecule has 21 heavy (non-hydrogen) atoms. The van der Waals surface area contributed by atoms with Crippen molar-refractivity contribution in [2.24, 2.45) is 10.2 Å². The molecule has 0 unspecified atom stereocenters. The van der Waals surface area contributed by atoms with Crippen LogP contribution in [0.5, 0.6) is 0 Å². The molecule has 2 N–H and O–H groups in total. The summed E-state index contributed by atoms with van der Waals surface area (Å²) in [4.78, 5) is 0. The van der Waals surface area contributed by atoms with E-state index in [1.54, 1.807) is 0 Å². The number of hydrogen-bond donors (Lipinski definition) is 2. The van der Waals surface area contributed by atoms with Crippen molar-refractivity contribution in [2.75, 3.05) is 6.67 Å². The molecule has 4 nitrogen and oxygen atoms in total. The summed E-state index contributed by atoms with van der Waals surface area (Å²) in [6, 6.07) is 20.1. The second kappa shape index (κ2) is 7.85. The first-order valence-electron chi connectivity index (χ1n) is 6.92. The van der Waals surface area contributed by atoms with Crippen LogP contribution in [-0.4, -0.2) is 18.1 Å². The van der Waals surface area contributed by atoms with Crippen molar-refractivity contribution in [2.45, 2.75) is 13.8 Å². The number of hydrogen-bond acceptors (Lipinski definition) is 4. The molecule has 0 aliphatic heterocycles. The van der Waals surface area contributed by atoms with Gasteiger partial charge in [-0.2, -0.15) is 10.2 Å². The van der Waals surface area contributed by atoms with Crippen molar-refractivity contribution < 1.29 is 0 Å². The van der Waals surface area contributed by atoms with E-state index in [-0.39, 0.29) is 0 Å². The highest BCUT2D eigenvalue weighted by Gasteiger charge is 1.95. The average Bonchev–Trinajstić information content (AvgIpc) is 2.55. The van der Waals surface area contributed by atoms with Gasteiger partial charge in [-0.3, -0.25) is 10.9 Å². The monoisotopic (exact) mass is 280 g/mol. The van der Waals surface area contributed by atoms with Crippen LogP contribution in [0.1, 0.15) is 25.0 Å². The van der Waals surface area contributed by atoms with E-state index in [2.05, 4.69) is 21.1 Å². The Morgan fingerprint density at radius 1 is 0.714 bits per heavy atom. The minimum absolute atomic E-state index is 0.481. The summed E-state index contributed by atoms with van der Waals surface area (Å²) in [5.41, 5.74) is 10.0. The van der Waals surface area contributed by atoms with Gasteiger partial charge in [0.1, 0.15) is 6.67 Å². The third-order valence-electron chi connectivity index (χ3n) is 3.03. The van der Waals surface area contributed by atoms with Crippen molar-refractivity contribution in [1.82, 2.24) is 10.9 Å². The van der Waals surface area contributed by atoms with Gasteiger partial charge in [-0.1, -0.05) is 60.7 Å². The van der Waals surface area contributed by atoms with Crippen LogP contribution in [0.2, 0.25) is 0 Å². The van der Waals surface area contributed by atoms with E-state index in [4.69, 9.17) is 0 Å². The van der Waals surface area contributed by atoms with Gasteiger partial charge < -0.3 is 0 Å². The van der Waals surface area contributed by atoms with Gasteiger partial charge in [0.15, 0.2) is 0 Å². The SMILES string of the molecule is C/C(=N\NCN/N=C(\C)c1ccccc1)c1ccccc1. The normalized spacial score (nSPS) is 12.1. The van der Waals surface area contributed by atoms with Gasteiger partial charge in [0.2, 0.25) is 0 Å². The summed E-state index contributed by atoms with van der Waals surface area (Å²) < 4.78 is 0. The van der Waals surface area contributed by atoms with Crippen LogP contribution in [0.25, 0.3) is 0 Å². The smallest absolute Gasteiger partial charge is 0.117 e. The Kier molecular flexibility index (Phi) is 5.52. The molecule has 0 bridgehead atoms. The number of hydrazone groups is 2. The Morgan fingerprint density at radius 2 is 1.10 bits per heavy atom. The molecule has 0 radical (unpaired) electrons. The van der Waals surface area contributed by atoms with Crippen LogP contribution in [0, 0.1) is 0 Å². The summed E-state index contributed by atoms with van der Waals surface area (Å²) in [5.74, 6) is 0.